The van der Waals surface area contributed by atoms with Gasteiger partial charge in [-0.05, 0) is 65.7 Å². The first-order valence-corrected chi connectivity index (χ1v) is 12.3. The van der Waals surface area contributed by atoms with Crippen molar-refractivity contribution >= 4 is 40.2 Å². The highest BCUT2D eigenvalue weighted by atomic mass is 16.5. The molecule has 0 atom stereocenters. The second-order valence-corrected chi connectivity index (χ2v) is 8.57. The van der Waals surface area contributed by atoms with Crippen LogP contribution < -0.4 is 20.9 Å². The number of nitrogens with one attached hydrogen (secondary N) is 3. The predicted octanol–water partition coefficient (Wildman–Crippen LogP) is 4.75. The Balaban J connectivity index is 1.11. The lowest BCUT2D eigenvalue weighted by Gasteiger charge is -2.09. The highest BCUT2D eigenvalue weighted by Crippen LogP contribution is 2.26. The van der Waals surface area contributed by atoms with E-state index >= 15 is 0 Å². The number of ether oxygens (including phenoxy) is 2. The molecule has 0 heterocycles. The van der Waals surface area contributed by atoms with Crippen LogP contribution in [0.25, 0.3) is 10.8 Å². The first kappa shape index (κ1) is 26.9. The lowest BCUT2D eigenvalue weighted by molar-refractivity contribution is -0.148. The van der Waals surface area contributed by atoms with E-state index in [-0.39, 0.29) is 25.2 Å². The van der Waals surface area contributed by atoms with E-state index in [1.165, 1.54) is 0 Å². The number of hydrazine groups is 1. The number of esters is 1. The van der Waals surface area contributed by atoms with Gasteiger partial charge in [0, 0.05) is 24.1 Å². The van der Waals surface area contributed by atoms with Crippen LogP contribution in [0, 0.1) is 0 Å². The molecule has 0 saturated heterocycles. The third-order valence-corrected chi connectivity index (χ3v) is 5.60. The highest BCUT2D eigenvalue weighted by molar-refractivity contribution is 5.95. The fourth-order valence-electron chi connectivity index (χ4n) is 3.63. The maximum absolute atomic E-state index is 12.2. The van der Waals surface area contributed by atoms with E-state index < -0.39 is 24.4 Å². The Labute approximate surface area is 225 Å². The topological polar surface area (TPSA) is 123 Å². The van der Waals surface area contributed by atoms with Gasteiger partial charge in [-0.15, -0.1) is 0 Å². The molecule has 0 bridgehead atoms. The molecule has 3 amide bonds. The highest BCUT2D eigenvalue weighted by Gasteiger charge is 2.11. The van der Waals surface area contributed by atoms with E-state index in [4.69, 9.17) is 9.47 Å². The van der Waals surface area contributed by atoms with Crippen LogP contribution in [0.3, 0.4) is 0 Å². The van der Waals surface area contributed by atoms with Gasteiger partial charge in [0.1, 0.15) is 11.5 Å². The summed E-state index contributed by atoms with van der Waals surface area (Å²) in [6, 6.07) is 29.2. The van der Waals surface area contributed by atoms with Crippen molar-refractivity contribution in [2.75, 3.05) is 11.9 Å². The molecule has 0 aliphatic heterocycles. The van der Waals surface area contributed by atoms with Crippen molar-refractivity contribution in [3.05, 3.63) is 103 Å². The molecule has 9 nitrogen and oxygen atoms in total. The van der Waals surface area contributed by atoms with Gasteiger partial charge in [0.15, 0.2) is 6.61 Å². The van der Waals surface area contributed by atoms with Crippen LogP contribution >= 0.6 is 0 Å². The Bertz CT molecular complexity index is 1450. The Morgan fingerprint density at radius 1 is 0.641 bits per heavy atom. The number of amides is 3. The van der Waals surface area contributed by atoms with E-state index in [0.29, 0.717) is 22.7 Å². The summed E-state index contributed by atoms with van der Waals surface area (Å²) < 4.78 is 10.8. The summed E-state index contributed by atoms with van der Waals surface area (Å²) in [5.41, 5.74) is 5.38. The van der Waals surface area contributed by atoms with E-state index in [2.05, 4.69) is 16.2 Å². The number of hydrogen-bond acceptors (Lipinski definition) is 6. The number of anilines is 1. The Kier molecular flexibility index (Phi) is 9.22. The Morgan fingerprint density at radius 2 is 1.33 bits per heavy atom. The molecule has 4 aromatic rings. The zero-order valence-corrected chi connectivity index (χ0v) is 21.0. The molecule has 0 saturated carbocycles. The monoisotopic (exact) mass is 525 g/mol. The first-order chi connectivity index (χ1) is 19.0. The van der Waals surface area contributed by atoms with Gasteiger partial charge in [0.05, 0.1) is 0 Å². The molecule has 4 rings (SSSR count). The summed E-state index contributed by atoms with van der Waals surface area (Å²) >= 11 is 0. The summed E-state index contributed by atoms with van der Waals surface area (Å²) in [6.45, 7) is -0.548. The van der Waals surface area contributed by atoms with E-state index in [9.17, 15) is 19.2 Å². The molecule has 0 radical (unpaired) electrons. The lowest BCUT2D eigenvalue weighted by atomic mass is 10.1. The van der Waals surface area contributed by atoms with Crippen LogP contribution in [0.4, 0.5) is 5.69 Å². The van der Waals surface area contributed by atoms with Crippen molar-refractivity contribution in [2.24, 2.45) is 0 Å². The fraction of sp³-hybridized carbons (Fsp3) is 0.133. The predicted molar refractivity (Wildman–Crippen MR) is 146 cm³/mol. The Morgan fingerprint density at radius 3 is 2.10 bits per heavy atom. The largest absolute Gasteiger partial charge is 0.457 e. The second kappa shape index (κ2) is 13.4. The number of carbonyl (C=O) groups is 4. The molecular formula is C30H27N3O6. The molecule has 0 aliphatic carbocycles. The molecule has 0 spiro atoms. The van der Waals surface area contributed by atoms with Crippen molar-refractivity contribution in [3.63, 3.8) is 0 Å². The molecule has 3 N–H and O–H groups in total. The van der Waals surface area contributed by atoms with Gasteiger partial charge in [0.25, 0.3) is 11.8 Å². The van der Waals surface area contributed by atoms with Crippen LogP contribution in [0.5, 0.6) is 11.5 Å². The second-order valence-electron chi connectivity index (χ2n) is 8.57. The summed E-state index contributed by atoms with van der Waals surface area (Å²) in [7, 11) is 0. The van der Waals surface area contributed by atoms with E-state index in [0.717, 1.165) is 10.8 Å². The fourth-order valence-corrected chi connectivity index (χ4v) is 3.63. The minimum atomic E-state index is -0.682. The minimum Gasteiger partial charge on any atom is -0.457 e. The maximum atomic E-state index is 12.2. The zero-order chi connectivity index (χ0) is 27.5. The molecule has 4 aromatic carbocycles. The third kappa shape index (κ3) is 8.43. The first-order valence-electron chi connectivity index (χ1n) is 12.3. The van der Waals surface area contributed by atoms with Crippen molar-refractivity contribution in [3.8, 4) is 11.5 Å². The number of rotatable bonds is 10. The lowest BCUT2D eigenvalue weighted by Crippen LogP contribution is -2.43. The van der Waals surface area contributed by atoms with Crippen LogP contribution in [-0.2, 0) is 19.1 Å². The number of carbonyl (C=O) groups excluding carboxylic acids is 4. The summed E-state index contributed by atoms with van der Waals surface area (Å²) in [5, 5.41) is 4.98. The number of benzene rings is 4. The van der Waals surface area contributed by atoms with Crippen LogP contribution in [0.2, 0.25) is 0 Å². The SMILES string of the molecule is O=C(COC(=O)CCCC(=O)Nc1ccc(Oc2ccc3ccccc3c2)cc1)NNC(=O)c1ccccc1. The van der Waals surface area contributed by atoms with Crippen molar-refractivity contribution in [1.29, 1.82) is 0 Å². The summed E-state index contributed by atoms with van der Waals surface area (Å²) in [5.74, 6) is -0.705. The number of fused-ring (bicyclic) bond motifs is 1. The summed E-state index contributed by atoms with van der Waals surface area (Å²) in [4.78, 5) is 47.7. The van der Waals surface area contributed by atoms with Gasteiger partial charge in [-0.1, -0.05) is 48.5 Å². The third-order valence-electron chi connectivity index (χ3n) is 5.60. The van der Waals surface area contributed by atoms with Crippen molar-refractivity contribution < 1.29 is 28.7 Å². The molecule has 0 aromatic heterocycles. The van der Waals surface area contributed by atoms with Crippen molar-refractivity contribution in [2.45, 2.75) is 19.3 Å². The molecule has 0 unspecified atom stereocenters. The maximum Gasteiger partial charge on any atom is 0.306 e. The van der Waals surface area contributed by atoms with Gasteiger partial charge in [-0.2, -0.15) is 0 Å². The van der Waals surface area contributed by atoms with Crippen molar-refractivity contribution in [1.82, 2.24) is 10.9 Å². The smallest absolute Gasteiger partial charge is 0.306 e. The van der Waals surface area contributed by atoms with Gasteiger partial charge in [0.2, 0.25) is 5.91 Å². The van der Waals surface area contributed by atoms with Gasteiger partial charge in [-0.25, -0.2) is 0 Å². The molecule has 198 valence electrons. The molecule has 9 heteroatoms. The normalized spacial score (nSPS) is 10.4. The van der Waals surface area contributed by atoms with E-state index in [1.807, 2.05) is 42.5 Å². The molecule has 39 heavy (non-hydrogen) atoms. The van der Waals surface area contributed by atoms with Gasteiger partial charge < -0.3 is 14.8 Å². The van der Waals surface area contributed by atoms with E-state index in [1.54, 1.807) is 54.6 Å². The van der Waals surface area contributed by atoms with Crippen LogP contribution in [0.15, 0.2) is 97.1 Å². The average molecular weight is 526 g/mol. The van der Waals surface area contributed by atoms with Gasteiger partial charge >= 0.3 is 5.97 Å². The zero-order valence-electron chi connectivity index (χ0n) is 21.0. The molecule has 0 aliphatic rings. The molecule has 0 fully saturated rings. The molecular weight excluding hydrogens is 498 g/mol. The standard InChI is InChI=1S/C30H27N3O6/c34-27(11-6-12-29(36)38-20-28(35)32-33-30(37)22-8-2-1-3-9-22)31-24-14-17-25(18-15-24)39-26-16-13-21-7-4-5-10-23(21)19-26/h1-5,7-10,13-19H,6,11-12,20H2,(H,31,34)(H,32,35)(H,33,37). The van der Waals surface area contributed by atoms with Crippen LogP contribution in [0.1, 0.15) is 29.6 Å². The van der Waals surface area contributed by atoms with Crippen LogP contribution in [-0.4, -0.2) is 30.3 Å². The Hall–Kier alpha value is -5.18. The number of hydrogen-bond donors (Lipinski definition) is 3. The quantitative estimate of drug-likeness (QED) is 0.203. The summed E-state index contributed by atoms with van der Waals surface area (Å²) in [6.07, 6.45) is 0.319. The minimum absolute atomic E-state index is 0.0321. The van der Waals surface area contributed by atoms with Gasteiger partial charge in [-0.3, -0.25) is 30.0 Å². The average Bonchev–Trinajstić information content (AvgIpc) is 2.96.